The molecule has 1 aliphatic heterocycles. The molecule has 2 rings (SSSR count). The standard InChI is InChI=1S/C15H20F3NO/c1-2-10-20-12-7-5-11(6-8-12)14-13(15(16,17)18)4-3-9-19-14/h5-8,13-14,19H,2-4,9-10H2,1H3. The van der Waals surface area contributed by atoms with Gasteiger partial charge in [0.15, 0.2) is 0 Å². The molecule has 112 valence electrons. The molecule has 0 spiro atoms. The van der Waals surface area contributed by atoms with E-state index in [1.165, 1.54) is 0 Å². The van der Waals surface area contributed by atoms with Gasteiger partial charge >= 0.3 is 6.18 Å². The smallest absolute Gasteiger partial charge is 0.393 e. The fourth-order valence-electron chi connectivity index (χ4n) is 2.58. The predicted octanol–water partition coefficient (Wildman–Crippen LogP) is 4.08. The van der Waals surface area contributed by atoms with Crippen LogP contribution in [0.4, 0.5) is 13.2 Å². The fourth-order valence-corrected chi connectivity index (χ4v) is 2.58. The average molecular weight is 287 g/mol. The van der Waals surface area contributed by atoms with Crippen molar-refractivity contribution in [2.45, 2.75) is 38.4 Å². The van der Waals surface area contributed by atoms with Gasteiger partial charge in [0, 0.05) is 6.04 Å². The van der Waals surface area contributed by atoms with Gasteiger partial charge in [0.2, 0.25) is 0 Å². The molecule has 1 saturated heterocycles. The number of halogens is 3. The Morgan fingerprint density at radius 3 is 2.55 bits per heavy atom. The van der Waals surface area contributed by atoms with Gasteiger partial charge in [-0.1, -0.05) is 19.1 Å². The van der Waals surface area contributed by atoms with Crippen LogP contribution >= 0.6 is 0 Å². The van der Waals surface area contributed by atoms with Crippen molar-refractivity contribution < 1.29 is 17.9 Å². The molecule has 0 aliphatic carbocycles. The second-order valence-corrected chi connectivity index (χ2v) is 5.14. The van der Waals surface area contributed by atoms with Crippen LogP contribution in [-0.4, -0.2) is 19.3 Å². The Morgan fingerprint density at radius 1 is 1.25 bits per heavy atom. The Balaban J connectivity index is 2.12. The van der Waals surface area contributed by atoms with Gasteiger partial charge in [-0.2, -0.15) is 13.2 Å². The average Bonchev–Trinajstić information content (AvgIpc) is 2.45. The lowest BCUT2D eigenvalue weighted by Gasteiger charge is -2.34. The lowest BCUT2D eigenvalue weighted by molar-refractivity contribution is -0.189. The molecule has 0 saturated carbocycles. The van der Waals surface area contributed by atoms with Crippen molar-refractivity contribution in [1.29, 1.82) is 0 Å². The first kappa shape index (κ1) is 15.2. The molecule has 0 aromatic heterocycles. The van der Waals surface area contributed by atoms with E-state index in [0.717, 1.165) is 6.42 Å². The minimum Gasteiger partial charge on any atom is -0.494 e. The summed E-state index contributed by atoms with van der Waals surface area (Å²) in [5, 5.41) is 2.99. The summed E-state index contributed by atoms with van der Waals surface area (Å²) in [5.41, 5.74) is 0.677. The topological polar surface area (TPSA) is 21.3 Å². The third kappa shape index (κ3) is 3.66. The molecule has 1 heterocycles. The second kappa shape index (κ2) is 6.48. The lowest BCUT2D eigenvalue weighted by atomic mass is 9.86. The number of rotatable bonds is 4. The molecule has 1 aromatic carbocycles. The summed E-state index contributed by atoms with van der Waals surface area (Å²) in [6.07, 6.45) is -2.49. The summed E-state index contributed by atoms with van der Waals surface area (Å²) in [4.78, 5) is 0. The van der Waals surface area contributed by atoms with Crippen molar-refractivity contribution in [2.75, 3.05) is 13.2 Å². The number of benzene rings is 1. The van der Waals surface area contributed by atoms with E-state index in [1.54, 1.807) is 24.3 Å². The molecule has 1 fully saturated rings. The maximum absolute atomic E-state index is 13.1. The Labute approximate surface area is 117 Å². The van der Waals surface area contributed by atoms with Gasteiger partial charge in [-0.05, 0) is 43.5 Å². The molecule has 0 radical (unpaired) electrons. The van der Waals surface area contributed by atoms with Crippen LogP contribution in [0, 0.1) is 5.92 Å². The number of ether oxygens (including phenoxy) is 1. The second-order valence-electron chi connectivity index (χ2n) is 5.14. The highest BCUT2D eigenvalue weighted by atomic mass is 19.4. The molecule has 0 bridgehead atoms. The van der Waals surface area contributed by atoms with Crippen molar-refractivity contribution in [3.8, 4) is 5.75 Å². The zero-order valence-electron chi connectivity index (χ0n) is 11.5. The molecule has 2 atom stereocenters. The van der Waals surface area contributed by atoms with Gasteiger partial charge in [0.1, 0.15) is 5.75 Å². The van der Waals surface area contributed by atoms with E-state index in [4.69, 9.17) is 4.74 Å². The summed E-state index contributed by atoms with van der Waals surface area (Å²) in [6.45, 7) is 3.26. The fraction of sp³-hybridized carbons (Fsp3) is 0.600. The van der Waals surface area contributed by atoms with E-state index in [0.29, 0.717) is 30.9 Å². The van der Waals surface area contributed by atoms with Crippen molar-refractivity contribution >= 4 is 0 Å². The van der Waals surface area contributed by atoms with Crippen LogP contribution in [0.2, 0.25) is 0 Å². The number of nitrogens with one attached hydrogen (secondary N) is 1. The Hall–Kier alpha value is -1.23. The predicted molar refractivity (Wildman–Crippen MR) is 71.8 cm³/mol. The van der Waals surface area contributed by atoms with Gasteiger partial charge in [0.25, 0.3) is 0 Å². The van der Waals surface area contributed by atoms with Crippen molar-refractivity contribution in [1.82, 2.24) is 5.32 Å². The minimum absolute atomic E-state index is 0.190. The van der Waals surface area contributed by atoms with Crippen molar-refractivity contribution in [3.05, 3.63) is 29.8 Å². The number of hydrogen-bond acceptors (Lipinski definition) is 2. The highest BCUT2D eigenvalue weighted by Crippen LogP contribution is 2.41. The summed E-state index contributed by atoms with van der Waals surface area (Å²) < 4.78 is 44.6. The van der Waals surface area contributed by atoms with Crippen LogP contribution in [0.15, 0.2) is 24.3 Å². The zero-order chi connectivity index (χ0) is 14.6. The van der Waals surface area contributed by atoms with E-state index in [9.17, 15) is 13.2 Å². The van der Waals surface area contributed by atoms with E-state index in [1.807, 2.05) is 6.92 Å². The third-order valence-corrected chi connectivity index (χ3v) is 3.59. The highest BCUT2D eigenvalue weighted by Gasteiger charge is 2.45. The third-order valence-electron chi connectivity index (χ3n) is 3.59. The summed E-state index contributed by atoms with van der Waals surface area (Å²) in [6, 6.07) is 6.30. The quantitative estimate of drug-likeness (QED) is 0.901. The Bertz CT molecular complexity index is 416. The molecular formula is C15H20F3NO. The molecule has 5 heteroatoms. The van der Waals surface area contributed by atoms with Gasteiger partial charge in [0.05, 0.1) is 12.5 Å². The van der Waals surface area contributed by atoms with Gasteiger partial charge in [-0.15, -0.1) is 0 Å². The Morgan fingerprint density at radius 2 is 1.95 bits per heavy atom. The molecule has 2 unspecified atom stereocenters. The highest BCUT2D eigenvalue weighted by molar-refractivity contribution is 5.30. The van der Waals surface area contributed by atoms with E-state index >= 15 is 0 Å². The normalized spacial score (nSPS) is 23.6. The van der Waals surface area contributed by atoms with Crippen LogP contribution in [0.1, 0.15) is 37.8 Å². The van der Waals surface area contributed by atoms with E-state index in [-0.39, 0.29) is 6.42 Å². The van der Waals surface area contributed by atoms with Crippen LogP contribution in [0.25, 0.3) is 0 Å². The maximum Gasteiger partial charge on any atom is 0.393 e. The van der Waals surface area contributed by atoms with Crippen LogP contribution in [-0.2, 0) is 0 Å². The number of hydrogen-bond donors (Lipinski definition) is 1. The molecule has 1 N–H and O–H groups in total. The monoisotopic (exact) mass is 287 g/mol. The summed E-state index contributed by atoms with van der Waals surface area (Å²) in [7, 11) is 0. The zero-order valence-corrected chi connectivity index (χ0v) is 11.5. The van der Waals surface area contributed by atoms with Gasteiger partial charge in [-0.3, -0.25) is 0 Å². The minimum atomic E-state index is -4.16. The number of alkyl halides is 3. The van der Waals surface area contributed by atoms with Crippen LogP contribution < -0.4 is 10.1 Å². The number of piperidine rings is 1. The van der Waals surface area contributed by atoms with Crippen molar-refractivity contribution in [2.24, 2.45) is 5.92 Å². The van der Waals surface area contributed by atoms with Crippen molar-refractivity contribution in [3.63, 3.8) is 0 Å². The molecule has 1 aromatic rings. The van der Waals surface area contributed by atoms with E-state index < -0.39 is 18.1 Å². The summed E-state index contributed by atoms with van der Waals surface area (Å²) >= 11 is 0. The summed E-state index contributed by atoms with van der Waals surface area (Å²) in [5.74, 6) is -0.603. The Kier molecular flexibility index (Phi) is 4.91. The molecule has 0 amide bonds. The largest absolute Gasteiger partial charge is 0.494 e. The lowest BCUT2D eigenvalue weighted by Crippen LogP contribution is -2.41. The first-order valence-electron chi connectivity index (χ1n) is 7.05. The SMILES string of the molecule is CCCOc1ccc(C2NCCCC2C(F)(F)F)cc1. The molecular weight excluding hydrogens is 267 g/mol. The molecule has 2 nitrogen and oxygen atoms in total. The van der Waals surface area contributed by atoms with Gasteiger partial charge < -0.3 is 10.1 Å². The first-order chi connectivity index (χ1) is 9.52. The van der Waals surface area contributed by atoms with Crippen LogP contribution in [0.5, 0.6) is 5.75 Å². The van der Waals surface area contributed by atoms with Crippen LogP contribution in [0.3, 0.4) is 0 Å². The first-order valence-corrected chi connectivity index (χ1v) is 7.05. The molecule has 20 heavy (non-hydrogen) atoms. The van der Waals surface area contributed by atoms with Gasteiger partial charge in [-0.25, -0.2) is 0 Å². The maximum atomic E-state index is 13.1. The molecule has 1 aliphatic rings. The van der Waals surface area contributed by atoms with E-state index in [2.05, 4.69) is 5.32 Å².